The Hall–Kier alpha value is -0.733. The number of halogens is 4. The van der Waals surface area contributed by atoms with Gasteiger partial charge >= 0.3 is 6.18 Å². The second kappa shape index (κ2) is 6.05. The summed E-state index contributed by atoms with van der Waals surface area (Å²) in [5.41, 5.74) is 4.35. The number of hydrogen-bond donors (Lipinski definition) is 2. The van der Waals surface area contributed by atoms with Crippen molar-refractivity contribution in [2.45, 2.75) is 56.6 Å². The summed E-state index contributed by atoms with van der Waals surface area (Å²) >= 11 is 6.17. The molecule has 1 aliphatic heterocycles. The van der Waals surface area contributed by atoms with Crippen LogP contribution in [-0.4, -0.2) is 32.1 Å². The summed E-state index contributed by atoms with van der Waals surface area (Å²) in [5, 5.41) is 1.10. The first-order valence-corrected chi connectivity index (χ1v) is 10.2. The highest BCUT2D eigenvalue weighted by molar-refractivity contribution is 6.74. The number of aliphatic imine (C=N–C) groups is 1. The molecule has 0 bridgehead atoms. The Labute approximate surface area is 135 Å². The molecule has 1 unspecified atom stereocenters. The largest absolute Gasteiger partial charge is 0.421 e. The molecule has 0 fully saturated rings. The number of rotatable bonds is 4. The van der Waals surface area contributed by atoms with Crippen molar-refractivity contribution in [2.75, 3.05) is 6.61 Å². The van der Waals surface area contributed by atoms with E-state index in [9.17, 15) is 13.2 Å². The van der Waals surface area contributed by atoms with Gasteiger partial charge < -0.3 is 15.5 Å². The fraction of sp³-hybridized carbons (Fsp3) is 0.769. The molecule has 0 aromatic heterocycles. The van der Waals surface area contributed by atoms with Crippen LogP contribution in [0.4, 0.5) is 13.2 Å². The molecule has 0 aromatic rings. The van der Waals surface area contributed by atoms with Gasteiger partial charge in [0, 0.05) is 19.2 Å². The van der Waals surface area contributed by atoms with E-state index >= 15 is 0 Å². The second-order valence-electron chi connectivity index (χ2n) is 6.82. The SMILES string of the molecule is CC(C)(C)[Si](C)(C)OCCC1(Cl)N=C(N)C(C(F)(F)F)=CN1. The molecule has 1 rings (SSSR count). The summed E-state index contributed by atoms with van der Waals surface area (Å²) in [4.78, 5) is 3.74. The lowest BCUT2D eigenvalue weighted by Crippen LogP contribution is -2.46. The molecule has 0 aliphatic carbocycles. The Bertz CT molecular complexity index is 486. The molecule has 0 aromatic carbocycles. The van der Waals surface area contributed by atoms with Gasteiger partial charge in [0.05, 0.1) is 0 Å². The third kappa shape index (κ3) is 4.63. The van der Waals surface area contributed by atoms with Gasteiger partial charge in [-0.25, -0.2) is 4.99 Å². The molecule has 22 heavy (non-hydrogen) atoms. The standard InChI is InChI=1S/C13H23ClF3N3OSi/c1-11(2,3)22(4,5)21-7-6-12(14)19-8-9(10(18)20-12)13(15,16)17/h8,19H,6-7H2,1-5H3,(H2,18,20). The Morgan fingerprint density at radius 2 is 1.91 bits per heavy atom. The van der Waals surface area contributed by atoms with Crippen LogP contribution in [0.15, 0.2) is 16.8 Å². The predicted molar refractivity (Wildman–Crippen MR) is 85.2 cm³/mol. The molecule has 1 aliphatic rings. The maximum absolute atomic E-state index is 12.7. The van der Waals surface area contributed by atoms with E-state index in [1.165, 1.54) is 0 Å². The minimum Gasteiger partial charge on any atom is -0.417 e. The Kier molecular flexibility index (Phi) is 5.31. The molecular weight excluding hydrogens is 335 g/mol. The maximum Gasteiger partial charge on any atom is 0.421 e. The maximum atomic E-state index is 12.7. The molecule has 0 spiro atoms. The highest BCUT2D eigenvalue weighted by atomic mass is 35.5. The van der Waals surface area contributed by atoms with Gasteiger partial charge in [-0.3, -0.25) is 0 Å². The summed E-state index contributed by atoms with van der Waals surface area (Å²) in [6, 6.07) is 0. The Morgan fingerprint density at radius 3 is 2.32 bits per heavy atom. The zero-order valence-corrected chi connectivity index (χ0v) is 15.2. The summed E-state index contributed by atoms with van der Waals surface area (Å²) in [6.45, 7) is 10.8. The molecule has 4 nitrogen and oxygen atoms in total. The van der Waals surface area contributed by atoms with Crippen LogP contribution < -0.4 is 11.1 Å². The van der Waals surface area contributed by atoms with Gasteiger partial charge in [0.2, 0.25) is 5.12 Å². The molecular formula is C13H23ClF3N3OSi. The molecule has 128 valence electrons. The Balaban J connectivity index is 2.68. The molecule has 1 atom stereocenters. The summed E-state index contributed by atoms with van der Waals surface area (Å²) in [5.74, 6) is -0.617. The third-order valence-electron chi connectivity index (χ3n) is 4.02. The lowest BCUT2D eigenvalue weighted by atomic mass is 10.2. The van der Waals surface area contributed by atoms with Crippen LogP contribution in [0.3, 0.4) is 0 Å². The van der Waals surface area contributed by atoms with Gasteiger partial charge in [-0.2, -0.15) is 13.2 Å². The van der Waals surface area contributed by atoms with Crippen LogP contribution in [-0.2, 0) is 4.43 Å². The lowest BCUT2D eigenvalue weighted by Gasteiger charge is -2.37. The average molecular weight is 358 g/mol. The fourth-order valence-electron chi connectivity index (χ4n) is 1.55. The van der Waals surface area contributed by atoms with Crippen LogP contribution in [0.1, 0.15) is 27.2 Å². The van der Waals surface area contributed by atoms with Gasteiger partial charge in [0.25, 0.3) is 0 Å². The van der Waals surface area contributed by atoms with Crippen LogP contribution in [0.5, 0.6) is 0 Å². The minimum absolute atomic E-state index is 0.0398. The molecule has 0 saturated carbocycles. The number of alkyl halides is 4. The second-order valence-corrected chi connectivity index (χ2v) is 12.2. The normalized spacial score (nSPS) is 23.7. The first-order chi connectivity index (χ1) is 9.68. The summed E-state index contributed by atoms with van der Waals surface area (Å²) < 4.78 is 43.9. The summed E-state index contributed by atoms with van der Waals surface area (Å²) in [7, 11) is -1.94. The topological polar surface area (TPSA) is 59.6 Å². The number of nitrogens with zero attached hydrogens (tertiary/aromatic N) is 1. The fourth-order valence-corrected chi connectivity index (χ4v) is 2.82. The van der Waals surface area contributed by atoms with Crippen LogP contribution >= 0.6 is 11.6 Å². The van der Waals surface area contributed by atoms with Crippen molar-refractivity contribution in [3.63, 3.8) is 0 Å². The van der Waals surface area contributed by atoms with Gasteiger partial charge in [0.15, 0.2) is 8.32 Å². The van der Waals surface area contributed by atoms with E-state index in [0.29, 0.717) is 6.61 Å². The van der Waals surface area contributed by atoms with Crippen molar-refractivity contribution in [1.82, 2.24) is 5.32 Å². The van der Waals surface area contributed by atoms with E-state index < -0.39 is 31.0 Å². The van der Waals surface area contributed by atoms with Crippen LogP contribution in [0.25, 0.3) is 0 Å². The molecule has 1 heterocycles. The van der Waals surface area contributed by atoms with Crippen LogP contribution in [0, 0.1) is 0 Å². The molecule has 3 N–H and O–H groups in total. The highest BCUT2D eigenvalue weighted by Gasteiger charge is 2.42. The van der Waals surface area contributed by atoms with Gasteiger partial charge in [-0.05, 0) is 18.1 Å². The van der Waals surface area contributed by atoms with Gasteiger partial charge in [-0.15, -0.1) is 0 Å². The van der Waals surface area contributed by atoms with E-state index in [1.54, 1.807) is 0 Å². The van der Waals surface area contributed by atoms with Crippen LogP contribution in [0.2, 0.25) is 18.1 Å². The van der Waals surface area contributed by atoms with Crippen molar-refractivity contribution in [3.8, 4) is 0 Å². The monoisotopic (exact) mass is 357 g/mol. The minimum atomic E-state index is -4.56. The zero-order valence-electron chi connectivity index (χ0n) is 13.4. The molecule has 0 radical (unpaired) electrons. The van der Waals surface area contributed by atoms with E-state index in [0.717, 1.165) is 6.20 Å². The van der Waals surface area contributed by atoms with Crippen molar-refractivity contribution in [1.29, 1.82) is 0 Å². The number of hydrogen-bond acceptors (Lipinski definition) is 4. The van der Waals surface area contributed by atoms with E-state index in [-0.39, 0.29) is 11.5 Å². The van der Waals surface area contributed by atoms with Gasteiger partial charge in [-0.1, -0.05) is 32.4 Å². The molecule has 9 heteroatoms. The lowest BCUT2D eigenvalue weighted by molar-refractivity contribution is -0.0869. The van der Waals surface area contributed by atoms with E-state index in [1.807, 2.05) is 0 Å². The number of nitrogens with one attached hydrogen (secondary N) is 1. The first kappa shape index (κ1) is 19.3. The predicted octanol–water partition coefficient (Wildman–Crippen LogP) is 3.70. The molecule has 0 saturated heterocycles. The first-order valence-electron chi connectivity index (χ1n) is 6.92. The van der Waals surface area contributed by atoms with Crippen molar-refractivity contribution in [2.24, 2.45) is 10.7 Å². The number of nitrogens with two attached hydrogens (primary N) is 1. The third-order valence-corrected chi connectivity index (χ3v) is 8.94. The summed E-state index contributed by atoms with van der Waals surface area (Å²) in [6.07, 6.45) is -3.58. The van der Waals surface area contributed by atoms with Gasteiger partial charge in [0.1, 0.15) is 11.4 Å². The zero-order chi connectivity index (χ0) is 17.4. The Morgan fingerprint density at radius 1 is 1.36 bits per heavy atom. The number of amidine groups is 1. The van der Waals surface area contributed by atoms with E-state index in [2.05, 4.69) is 44.2 Å². The van der Waals surface area contributed by atoms with Crippen molar-refractivity contribution >= 4 is 25.8 Å². The average Bonchev–Trinajstić information content (AvgIpc) is 2.24. The quantitative estimate of drug-likeness (QED) is 0.458. The van der Waals surface area contributed by atoms with E-state index in [4.69, 9.17) is 21.8 Å². The van der Waals surface area contributed by atoms with Crippen molar-refractivity contribution in [3.05, 3.63) is 11.8 Å². The van der Waals surface area contributed by atoms with Crippen molar-refractivity contribution < 1.29 is 17.6 Å². The smallest absolute Gasteiger partial charge is 0.417 e. The highest BCUT2D eigenvalue weighted by Crippen LogP contribution is 2.37. The molecule has 0 amide bonds.